The van der Waals surface area contributed by atoms with Gasteiger partial charge < -0.3 is 30.4 Å². The fraction of sp³-hybridized carbons (Fsp3) is 0.500. The van der Waals surface area contributed by atoms with Crippen molar-refractivity contribution in [3.8, 4) is 0 Å². The highest BCUT2D eigenvalue weighted by Crippen LogP contribution is 2.19. The second-order valence-electron chi connectivity index (χ2n) is 7.06. The van der Waals surface area contributed by atoms with Crippen molar-refractivity contribution < 1.29 is 24.2 Å². The summed E-state index contributed by atoms with van der Waals surface area (Å²) >= 11 is 5.96. The fourth-order valence-electron chi connectivity index (χ4n) is 2.35. The highest BCUT2D eigenvalue weighted by Gasteiger charge is 2.21. The summed E-state index contributed by atoms with van der Waals surface area (Å²) in [5, 5.41) is 11.6. The van der Waals surface area contributed by atoms with Crippen molar-refractivity contribution in [3.63, 3.8) is 0 Å². The van der Waals surface area contributed by atoms with Crippen LogP contribution in [0.5, 0.6) is 0 Å². The third-order valence-corrected chi connectivity index (χ3v) is 3.74. The summed E-state index contributed by atoms with van der Waals surface area (Å²) in [5.41, 5.74) is 5.42. The van der Waals surface area contributed by atoms with Crippen LogP contribution in [0.15, 0.2) is 6.33 Å². The van der Waals surface area contributed by atoms with Crippen LogP contribution in [0.4, 0.5) is 10.7 Å². The zero-order valence-corrected chi connectivity index (χ0v) is 16.9. The van der Waals surface area contributed by atoms with Gasteiger partial charge in [-0.2, -0.15) is 9.97 Å². The number of carbonyl (C=O) groups is 3. The summed E-state index contributed by atoms with van der Waals surface area (Å²) < 4.78 is 6.48. The van der Waals surface area contributed by atoms with Crippen LogP contribution in [0.3, 0.4) is 0 Å². The van der Waals surface area contributed by atoms with Crippen LogP contribution < -0.4 is 11.1 Å². The molecule has 0 radical (unpaired) electrons. The van der Waals surface area contributed by atoms with Gasteiger partial charge in [0.15, 0.2) is 10.8 Å². The summed E-state index contributed by atoms with van der Waals surface area (Å²) in [6, 6.07) is 0. The van der Waals surface area contributed by atoms with Gasteiger partial charge in [0.1, 0.15) is 24.2 Å². The second-order valence-corrected chi connectivity index (χ2v) is 7.41. The lowest BCUT2D eigenvalue weighted by Gasteiger charge is -2.23. The molecule has 0 spiro atoms. The maximum absolute atomic E-state index is 12.6. The molecule has 0 saturated carbocycles. The zero-order valence-electron chi connectivity index (χ0n) is 16.2. The molecule has 0 unspecified atom stereocenters. The molecule has 2 heterocycles. The highest BCUT2D eigenvalue weighted by molar-refractivity contribution is 6.33. The number of aliphatic carboxylic acids is 1. The number of nitrogens with two attached hydrogens (primary N) is 1. The Hall–Kier alpha value is -3.15. The van der Waals surface area contributed by atoms with Crippen molar-refractivity contribution >= 4 is 46.7 Å². The lowest BCUT2D eigenvalue weighted by atomic mass is 10.2. The van der Waals surface area contributed by atoms with E-state index in [1.54, 1.807) is 20.8 Å². The summed E-state index contributed by atoms with van der Waals surface area (Å²) in [6.45, 7) is 4.33. The number of halogens is 1. The number of nitrogens with one attached hydrogen (secondary N) is 1. The fourth-order valence-corrected chi connectivity index (χ4v) is 2.57. The van der Waals surface area contributed by atoms with Gasteiger partial charge in [0.05, 0.1) is 6.33 Å². The predicted octanol–water partition coefficient (Wildman–Crippen LogP) is 0.500. The summed E-state index contributed by atoms with van der Waals surface area (Å²) in [5.74, 6) is -1.80. The number of alkyl carbamates (subject to hydrolysis) is 1. The van der Waals surface area contributed by atoms with E-state index in [1.165, 1.54) is 10.9 Å². The van der Waals surface area contributed by atoms with E-state index in [-0.39, 0.29) is 41.9 Å². The van der Waals surface area contributed by atoms with Crippen molar-refractivity contribution in [1.29, 1.82) is 0 Å². The SMILES string of the molecule is CC(C)(C)OC(=O)NCCN(CC(=O)O)C(=O)Cn1cnc2c(Cl)nc(N)nc21. The van der Waals surface area contributed by atoms with Crippen LogP contribution in [0.25, 0.3) is 11.2 Å². The number of ether oxygens (including phenoxy) is 1. The summed E-state index contributed by atoms with van der Waals surface area (Å²) in [7, 11) is 0. The first kappa shape index (κ1) is 22.1. The standard InChI is InChI=1S/C16H22ClN7O5/c1-16(2,3)29-15(28)19-4-5-23(7-10(26)27)9(25)6-24-8-20-11-12(17)21-14(18)22-13(11)24/h8H,4-7H2,1-3H3,(H,19,28)(H,26,27)(H2,18,21,22). The minimum absolute atomic E-state index is 0.0134. The molecular formula is C16H22ClN7O5. The first-order chi connectivity index (χ1) is 13.5. The molecular weight excluding hydrogens is 406 g/mol. The Bertz CT molecular complexity index is 924. The topological polar surface area (TPSA) is 166 Å². The van der Waals surface area contributed by atoms with Gasteiger partial charge in [0.2, 0.25) is 11.9 Å². The molecule has 0 aromatic carbocycles. The number of aromatic nitrogens is 4. The summed E-state index contributed by atoms with van der Waals surface area (Å²) in [6.07, 6.45) is 0.670. The van der Waals surface area contributed by atoms with E-state index in [9.17, 15) is 14.4 Å². The predicted molar refractivity (Wildman–Crippen MR) is 103 cm³/mol. The van der Waals surface area contributed by atoms with Gasteiger partial charge in [0.25, 0.3) is 0 Å². The third kappa shape index (κ3) is 6.45. The van der Waals surface area contributed by atoms with Gasteiger partial charge >= 0.3 is 12.1 Å². The molecule has 0 bridgehead atoms. The molecule has 0 aliphatic rings. The zero-order chi connectivity index (χ0) is 21.8. The molecule has 0 aliphatic heterocycles. The molecule has 0 saturated heterocycles. The number of rotatable bonds is 7. The molecule has 0 aliphatic carbocycles. The second kappa shape index (κ2) is 8.90. The number of hydrogen-bond acceptors (Lipinski definition) is 8. The largest absolute Gasteiger partial charge is 0.480 e. The van der Waals surface area contributed by atoms with Gasteiger partial charge in [0, 0.05) is 13.1 Å². The van der Waals surface area contributed by atoms with E-state index in [4.69, 9.17) is 27.2 Å². The molecule has 2 aromatic heterocycles. The van der Waals surface area contributed by atoms with Crippen LogP contribution in [0.2, 0.25) is 5.15 Å². The molecule has 29 heavy (non-hydrogen) atoms. The van der Waals surface area contributed by atoms with Gasteiger partial charge in [-0.05, 0) is 20.8 Å². The Labute approximate surface area is 171 Å². The number of imidazole rings is 1. The van der Waals surface area contributed by atoms with Crippen LogP contribution >= 0.6 is 11.6 Å². The number of carboxylic acids is 1. The van der Waals surface area contributed by atoms with Crippen molar-refractivity contribution in [2.45, 2.75) is 32.9 Å². The maximum Gasteiger partial charge on any atom is 0.407 e. The Morgan fingerprint density at radius 2 is 2.03 bits per heavy atom. The smallest absolute Gasteiger partial charge is 0.407 e. The quantitative estimate of drug-likeness (QED) is 0.533. The van der Waals surface area contributed by atoms with Crippen LogP contribution in [0, 0.1) is 0 Å². The van der Waals surface area contributed by atoms with Crippen LogP contribution in [-0.2, 0) is 20.9 Å². The number of anilines is 1. The van der Waals surface area contributed by atoms with Crippen LogP contribution in [0.1, 0.15) is 20.8 Å². The lowest BCUT2D eigenvalue weighted by Crippen LogP contribution is -2.43. The molecule has 2 aromatic rings. The number of amides is 2. The van der Waals surface area contributed by atoms with Crippen molar-refractivity contribution in [3.05, 3.63) is 11.5 Å². The van der Waals surface area contributed by atoms with E-state index in [2.05, 4.69) is 20.3 Å². The Morgan fingerprint density at radius 1 is 1.34 bits per heavy atom. The normalized spacial score (nSPS) is 11.3. The molecule has 12 nitrogen and oxygen atoms in total. The van der Waals surface area contributed by atoms with E-state index in [0.717, 1.165) is 4.90 Å². The monoisotopic (exact) mass is 427 g/mol. The van der Waals surface area contributed by atoms with E-state index in [1.807, 2.05) is 0 Å². The third-order valence-electron chi connectivity index (χ3n) is 3.47. The van der Waals surface area contributed by atoms with Gasteiger partial charge in [-0.15, -0.1) is 0 Å². The maximum atomic E-state index is 12.6. The molecule has 0 fully saturated rings. The van der Waals surface area contributed by atoms with Crippen molar-refractivity contribution in [1.82, 2.24) is 29.7 Å². The van der Waals surface area contributed by atoms with Crippen LogP contribution in [-0.4, -0.2) is 72.7 Å². The lowest BCUT2D eigenvalue weighted by molar-refractivity contribution is -0.144. The molecule has 158 valence electrons. The number of fused-ring (bicyclic) bond motifs is 1. The number of nitrogens with zero attached hydrogens (tertiary/aromatic N) is 5. The number of nitrogen functional groups attached to an aromatic ring is 1. The first-order valence-corrected chi connectivity index (χ1v) is 8.94. The average molecular weight is 428 g/mol. The molecule has 2 rings (SSSR count). The molecule has 4 N–H and O–H groups in total. The highest BCUT2D eigenvalue weighted by atomic mass is 35.5. The van der Waals surface area contributed by atoms with Gasteiger partial charge in [-0.3, -0.25) is 9.59 Å². The first-order valence-electron chi connectivity index (χ1n) is 8.56. The van der Waals surface area contributed by atoms with E-state index < -0.39 is 30.1 Å². The Kier molecular flexibility index (Phi) is 6.80. The minimum Gasteiger partial charge on any atom is -0.480 e. The Morgan fingerprint density at radius 3 is 2.66 bits per heavy atom. The Balaban J connectivity index is 2.05. The van der Waals surface area contributed by atoms with E-state index >= 15 is 0 Å². The average Bonchev–Trinajstić information content (AvgIpc) is 2.95. The van der Waals surface area contributed by atoms with Crippen molar-refractivity contribution in [2.75, 3.05) is 25.4 Å². The molecule has 13 heteroatoms. The molecule has 2 amide bonds. The van der Waals surface area contributed by atoms with Crippen molar-refractivity contribution in [2.24, 2.45) is 0 Å². The van der Waals surface area contributed by atoms with E-state index in [0.29, 0.717) is 0 Å². The number of carbonyl (C=O) groups excluding carboxylic acids is 2. The summed E-state index contributed by atoms with van der Waals surface area (Å²) in [4.78, 5) is 48.4. The van der Waals surface area contributed by atoms with Gasteiger partial charge in [-0.25, -0.2) is 9.78 Å². The number of hydrogen-bond donors (Lipinski definition) is 3. The molecule has 0 atom stereocenters. The minimum atomic E-state index is -1.19. The number of carboxylic acid groups (broad SMARTS) is 1. The van der Waals surface area contributed by atoms with Gasteiger partial charge in [-0.1, -0.05) is 11.6 Å².